The summed E-state index contributed by atoms with van der Waals surface area (Å²) >= 11 is 3.43. The molecule has 1 aromatic rings. The van der Waals surface area contributed by atoms with Crippen molar-refractivity contribution in [1.82, 2.24) is 5.32 Å². The summed E-state index contributed by atoms with van der Waals surface area (Å²) in [5, 5.41) is 3.44. The predicted octanol–water partition coefficient (Wildman–Crippen LogP) is 3.48. The Kier molecular flexibility index (Phi) is 3.42. The summed E-state index contributed by atoms with van der Waals surface area (Å²) in [6.45, 7) is 3.01. The monoisotopic (exact) mass is 271 g/mol. The minimum absolute atomic E-state index is 0.169. The van der Waals surface area contributed by atoms with E-state index in [-0.39, 0.29) is 5.82 Å². The van der Waals surface area contributed by atoms with Gasteiger partial charge in [0.15, 0.2) is 0 Å². The first kappa shape index (κ1) is 11.1. The molecule has 2 rings (SSSR count). The summed E-state index contributed by atoms with van der Waals surface area (Å²) in [5.41, 5.74) is 0.995. The van der Waals surface area contributed by atoms with Gasteiger partial charge in [0, 0.05) is 17.1 Å². The molecule has 1 aliphatic rings. The lowest BCUT2D eigenvalue weighted by Gasteiger charge is -2.33. The maximum atomic E-state index is 13.0. The van der Waals surface area contributed by atoms with Crippen LogP contribution in [0.15, 0.2) is 22.7 Å². The normalized spacial score (nSPS) is 25.0. The van der Waals surface area contributed by atoms with Crippen LogP contribution in [-0.4, -0.2) is 6.04 Å². The highest BCUT2D eigenvalue weighted by atomic mass is 79.9. The third-order valence-corrected chi connectivity index (χ3v) is 3.74. The van der Waals surface area contributed by atoms with Crippen molar-refractivity contribution in [2.45, 2.75) is 32.4 Å². The lowest BCUT2D eigenvalue weighted by molar-refractivity contribution is 0.240. The molecule has 0 unspecified atom stereocenters. The van der Waals surface area contributed by atoms with Gasteiger partial charge in [0.1, 0.15) is 5.82 Å². The van der Waals surface area contributed by atoms with Gasteiger partial charge in [0.25, 0.3) is 0 Å². The Morgan fingerprint density at radius 1 is 1.47 bits per heavy atom. The van der Waals surface area contributed by atoms with Crippen molar-refractivity contribution >= 4 is 15.9 Å². The van der Waals surface area contributed by atoms with Gasteiger partial charge >= 0.3 is 0 Å². The highest BCUT2D eigenvalue weighted by molar-refractivity contribution is 9.10. The third kappa shape index (κ3) is 2.79. The van der Waals surface area contributed by atoms with E-state index in [2.05, 4.69) is 28.2 Å². The van der Waals surface area contributed by atoms with Crippen LogP contribution >= 0.6 is 15.9 Å². The molecule has 1 fully saturated rings. The fourth-order valence-electron chi connectivity index (χ4n) is 2.00. The molecule has 1 aromatic carbocycles. The number of nitrogens with one attached hydrogen (secondary N) is 1. The van der Waals surface area contributed by atoms with E-state index in [9.17, 15) is 4.39 Å². The van der Waals surface area contributed by atoms with Crippen molar-refractivity contribution in [3.05, 3.63) is 34.1 Å². The molecule has 3 heteroatoms. The molecule has 1 N–H and O–H groups in total. The average molecular weight is 272 g/mol. The molecule has 0 saturated heterocycles. The van der Waals surface area contributed by atoms with Gasteiger partial charge < -0.3 is 5.32 Å². The zero-order chi connectivity index (χ0) is 10.8. The molecule has 0 spiro atoms. The molecule has 0 aliphatic heterocycles. The highest BCUT2D eigenvalue weighted by Gasteiger charge is 2.24. The van der Waals surface area contributed by atoms with Crippen molar-refractivity contribution < 1.29 is 4.39 Å². The van der Waals surface area contributed by atoms with Crippen LogP contribution in [0.4, 0.5) is 4.39 Å². The lowest BCUT2D eigenvalue weighted by atomic mass is 9.82. The number of halogens is 2. The maximum Gasteiger partial charge on any atom is 0.123 e. The Balaban J connectivity index is 1.90. The maximum absolute atomic E-state index is 13.0. The van der Waals surface area contributed by atoms with Crippen LogP contribution in [-0.2, 0) is 6.54 Å². The summed E-state index contributed by atoms with van der Waals surface area (Å²) in [4.78, 5) is 0. The van der Waals surface area contributed by atoms with Gasteiger partial charge in [-0.3, -0.25) is 0 Å². The van der Waals surface area contributed by atoms with E-state index in [4.69, 9.17) is 0 Å². The smallest absolute Gasteiger partial charge is 0.123 e. The van der Waals surface area contributed by atoms with Gasteiger partial charge in [0.2, 0.25) is 0 Å². The molecule has 0 atom stereocenters. The van der Waals surface area contributed by atoms with Crippen LogP contribution in [0.1, 0.15) is 25.3 Å². The minimum atomic E-state index is -0.169. The fraction of sp³-hybridized carbons (Fsp3) is 0.500. The molecule has 0 heterocycles. The Bertz CT molecular complexity index is 347. The molecule has 1 nitrogen and oxygen atoms in total. The van der Waals surface area contributed by atoms with Crippen molar-refractivity contribution in [2.75, 3.05) is 0 Å². The molecule has 0 amide bonds. The molecule has 15 heavy (non-hydrogen) atoms. The van der Waals surface area contributed by atoms with Crippen LogP contribution < -0.4 is 5.32 Å². The summed E-state index contributed by atoms with van der Waals surface area (Å²) in [5.74, 6) is 0.676. The van der Waals surface area contributed by atoms with E-state index in [0.29, 0.717) is 6.04 Å². The summed E-state index contributed by atoms with van der Waals surface area (Å²) in [6.07, 6.45) is 2.49. The molecular weight excluding hydrogens is 257 g/mol. The first-order valence-corrected chi connectivity index (χ1v) is 6.12. The molecular formula is C12H15BrFN. The van der Waals surface area contributed by atoms with Gasteiger partial charge in [-0.2, -0.15) is 0 Å². The van der Waals surface area contributed by atoms with Crippen molar-refractivity contribution in [3.8, 4) is 0 Å². The Morgan fingerprint density at radius 2 is 2.20 bits per heavy atom. The van der Waals surface area contributed by atoms with E-state index in [1.807, 2.05) is 0 Å². The minimum Gasteiger partial charge on any atom is -0.310 e. The topological polar surface area (TPSA) is 12.0 Å². The van der Waals surface area contributed by atoms with Crippen LogP contribution in [0.3, 0.4) is 0 Å². The quantitative estimate of drug-likeness (QED) is 0.888. The van der Waals surface area contributed by atoms with E-state index in [1.54, 1.807) is 12.1 Å². The second kappa shape index (κ2) is 4.62. The second-order valence-corrected chi connectivity index (χ2v) is 5.24. The fourth-order valence-corrected chi connectivity index (χ4v) is 2.39. The predicted molar refractivity (Wildman–Crippen MR) is 63.1 cm³/mol. The number of hydrogen-bond acceptors (Lipinski definition) is 1. The Morgan fingerprint density at radius 3 is 2.87 bits per heavy atom. The Labute approximate surface area is 98.2 Å². The van der Waals surface area contributed by atoms with Crippen LogP contribution in [0.5, 0.6) is 0 Å². The summed E-state index contributed by atoms with van der Waals surface area (Å²) in [6, 6.07) is 5.43. The van der Waals surface area contributed by atoms with E-state index >= 15 is 0 Å². The molecule has 0 bridgehead atoms. The molecule has 0 radical (unpaired) electrons. The van der Waals surface area contributed by atoms with Crippen LogP contribution in [0, 0.1) is 11.7 Å². The van der Waals surface area contributed by atoms with Crippen LogP contribution in [0.25, 0.3) is 0 Å². The van der Waals surface area contributed by atoms with Gasteiger partial charge in [-0.1, -0.05) is 22.9 Å². The molecule has 0 aromatic heterocycles. The second-order valence-electron chi connectivity index (χ2n) is 4.39. The molecule has 82 valence electrons. The van der Waals surface area contributed by atoms with Crippen molar-refractivity contribution in [2.24, 2.45) is 5.92 Å². The SMILES string of the molecule is CC1CC(NCc2cc(F)ccc2Br)C1. The number of hydrogen-bond donors (Lipinski definition) is 1. The molecule has 1 saturated carbocycles. The zero-order valence-corrected chi connectivity index (χ0v) is 10.3. The zero-order valence-electron chi connectivity index (χ0n) is 8.76. The average Bonchev–Trinajstić information content (AvgIpc) is 2.16. The van der Waals surface area contributed by atoms with Crippen molar-refractivity contribution in [3.63, 3.8) is 0 Å². The van der Waals surface area contributed by atoms with E-state index in [1.165, 1.54) is 18.9 Å². The van der Waals surface area contributed by atoms with E-state index in [0.717, 1.165) is 22.5 Å². The van der Waals surface area contributed by atoms with Gasteiger partial charge in [0.05, 0.1) is 0 Å². The summed E-state index contributed by atoms with van der Waals surface area (Å²) in [7, 11) is 0. The Hall–Kier alpha value is -0.410. The molecule has 1 aliphatic carbocycles. The van der Waals surface area contributed by atoms with Crippen LogP contribution in [0.2, 0.25) is 0 Å². The van der Waals surface area contributed by atoms with Crippen molar-refractivity contribution in [1.29, 1.82) is 0 Å². The van der Waals surface area contributed by atoms with Gasteiger partial charge in [-0.15, -0.1) is 0 Å². The third-order valence-electron chi connectivity index (χ3n) is 2.96. The lowest BCUT2D eigenvalue weighted by Crippen LogP contribution is -2.39. The highest BCUT2D eigenvalue weighted by Crippen LogP contribution is 2.27. The largest absolute Gasteiger partial charge is 0.310 e. The van der Waals surface area contributed by atoms with Gasteiger partial charge in [-0.05, 0) is 42.5 Å². The number of benzene rings is 1. The summed E-state index contributed by atoms with van der Waals surface area (Å²) < 4.78 is 14.0. The first-order chi connectivity index (χ1) is 7.15. The van der Waals surface area contributed by atoms with Gasteiger partial charge in [-0.25, -0.2) is 4.39 Å². The first-order valence-electron chi connectivity index (χ1n) is 5.32. The standard InChI is InChI=1S/C12H15BrFN/c1-8-4-11(5-8)15-7-9-6-10(14)2-3-12(9)13/h2-3,6,8,11,15H,4-5,7H2,1H3. The number of rotatable bonds is 3. The van der Waals surface area contributed by atoms with E-state index < -0.39 is 0 Å².